The molecule has 0 aliphatic carbocycles. The van der Waals surface area contributed by atoms with Gasteiger partial charge in [-0.25, -0.2) is 18.2 Å². The first-order valence-electron chi connectivity index (χ1n) is 8.13. The molecule has 27 heavy (non-hydrogen) atoms. The molecule has 1 unspecified atom stereocenters. The average molecular weight is 375 g/mol. The molecule has 1 heterocycles. The number of rotatable bonds is 7. The molecule has 4 nitrogen and oxygen atoms in total. The van der Waals surface area contributed by atoms with Crippen LogP contribution in [0, 0.1) is 17.5 Å². The van der Waals surface area contributed by atoms with Crippen LogP contribution < -0.4 is 14.2 Å². The summed E-state index contributed by atoms with van der Waals surface area (Å²) in [5, 5.41) is 0. The van der Waals surface area contributed by atoms with Crippen molar-refractivity contribution in [3.63, 3.8) is 0 Å². The van der Waals surface area contributed by atoms with Gasteiger partial charge in [-0.3, -0.25) is 0 Å². The molecule has 0 aliphatic heterocycles. The fraction of sp³-hybridized carbons (Fsp3) is 0.150. The molecule has 140 valence electrons. The zero-order valence-corrected chi connectivity index (χ0v) is 14.4. The highest BCUT2D eigenvalue weighted by Gasteiger charge is 2.11. The predicted octanol–water partition coefficient (Wildman–Crippen LogP) is 5.14. The lowest BCUT2D eigenvalue weighted by atomic mass is 10.3. The van der Waals surface area contributed by atoms with Gasteiger partial charge < -0.3 is 14.2 Å². The van der Waals surface area contributed by atoms with E-state index in [9.17, 15) is 13.2 Å². The molecule has 0 saturated carbocycles. The lowest BCUT2D eigenvalue weighted by molar-refractivity contribution is 0.138. The first-order valence-corrected chi connectivity index (χ1v) is 8.13. The van der Waals surface area contributed by atoms with Crippen molar-refractivity contribution in [3.8, 4) is 23.1 Å². The molecule has 2 aromatic carbocycles. The van der Waals surface area contributed by atoms with Gasteiger partial charge >= 0.3 is 0 Å². The van der Waals surface area contributed by atoms with Crippen LogP contribution in [0.2, 0.25) is 0 Å². The lowest BCUT2D eigenvalue weighted by Crippen LogP contribution is -2.21. The largest absolute Gasteiger partial charge is 0.490 e. The maximum absolute atomic E-state index is 14.2. The van der Waals surface area contributed by atoms with E-state index in [0.29, 0.717) is 11.9 Å². The minimum absolute atomic E-state index is 0.141. The standard InChI is InChI=1S/C20H16F3NO3/c1-13(26-20-4-2-3-7-24-20)12-25-16-5-6-19(18(23)11-16)27-17-9-14(21)8-15(22)10-17/h2-11,13H,12H2,1H3. The Kier molecular flexibility index (Phi) is 5.80. The second-order valence-electron chi connectivity index (χ2n) is 5.71. The van der Waals surface area contributed by atoms with Crippen molar-refractivity contribution >= 4 is 0 Å². The normalized spacial score (nSPS) is 11.7. The van der Waals surface area contributed by atoms with Crippen LogP contribution in [-0.2, 0) is 0 Å². The van der Waals surface area contributed by atoms with Crippen LogP contribution in [0.3, 0.4) is 0 Å². The van der Waals surface area contributed by atoms with Crippen LogP contribution in [-0.4, -0.2) is 17.7 Å². The third kappa shape index (κ3) is 5.37. The maximum Gasteiger partial charge on any atom is 0.213 e. The monoisotopic (exact) mass is 375 g/mol. The van der Waals surface area contributed by atoms with E-state index >= 15 is 0 Å². The summed E-state index contributed by atoms with van der Waals surface area (Å²) >= 11 is 0. The number of nitrogens with zero attached hydrogens (tertiary/aromatic N) is 1. The predicted molar refractivity (Wildman–Crippen MR) is 92.7 cm³/mol. The van der Waals surface area contributed by atoms with Crippen LogP contribution in [0.1, 0.15) is 6.92 Å². The number of ether oxygens (including phenoxy) is 3. The van der Waals surface area contributed by atoms with Gasteiger partial charge in [0.05, 0.1) is 0 Å². The summed E-state index contributed by atoms with van der Waals surface area (Å²) in [6.45, 7) is 1.96. The van der Waals surface area contributed by atoms with Crippen molar-refractivity contribution in [2.24, 2.45) is 0 Å². The van der Waals surface area contributed by atoms with Gasteiger partial charge in [0.25, 0.3) is 0 Å². The van der Waals surface area contributed by atoms with E-state index in [4.69, 9.17) is 14.2 Å². The fourth-order valence-electron chi connectivity index (χ4n) is 2.24. The fourth-order valence-corrected chi connectivity index (χ4v) is 2.24. The van der Waals surface area contributed by atoms with Crippen molar-refractivity contribution < 1.29 is 27.4 Å². The van der Waals surface area contributed by atoms with Crippen LogP contribution in [0.5, 0.6) is 23.1 Å². The molecular formula is C20H16F3NO3. The number of hydrogen-bond acceptors (Lipinski definition) is 4. The molecule has 0 spiro atoms. The summed E-state index contributed by atoms with van der Waals surface area (Å²) in [6, 6.07) is 11.9. The first-order chi connectivity index (χ1) is 13.0. The average Bonchev–Trinajstić information content (AvgIpc) is 2.62. The first kappa shape index (κ1) is 18.6. The number of aromatic nitrogens is 1. The van der Waals surface area contributed by atoms with Gasteiger partial charge in [0.2, 0.25) is 5.88 Å². The molecule has 1 aromatic heterocycles. The Morgan fingerprint density at radius 1 is 0.926 bits per heavy atom. The Balaban J connectivity index is 1.59. The minimum atomic E-state index is -0.813. The van der Waals surface area contributed by atoms with Crippen molar-refractivity contribution in [1.29, 1.82) is 0 Å². The van der Waals surface area contributed by atoms with Gasteiger partial charge in [0.15, 0.2) is 11.6 Å². The zero-order chi connectivity index (χ0) is 19.2. The Morgan fingerprint density at radius 3 is 2.37 bits per heavy atom. The van der Waals surface area contributed by atoms with Crippen LogP contribution >= 0.6 is 0 Å². The second-order valence-corrected chi connectivity index (χ2v) is 5.71. The van der Waals surface area contributed by atoms with E-state index in [-0.39, 0.29) is 30.0 Å². The Hall–Kier alpha value is -3.22. The van der Waals surface area contributed by atoms with Crippen LogP contribution in [0.4, 0.5) is 13.2 Å². The van der Waals surface area contributed by atoms with Gasteiger partial charge in [0, 0.05) is 36.5 Å². The molecule has 3 aromatic rings. The molecule has 0 radical (unpaired) electrons. The molecule has 1 atom stereocenters. The summed E-state index contributed by atoms with van der Waals surface area (Å²) < 4.78 is 56.8. The summed E-state index contributed by atoms with van der Waals surface area (Å²) in [7, 11) is 0. The summed E-state index contributed by atoms with van der Waals surface area (Å²) in [6.07, 6.45) is 1.30. The molecule has 0 N–H and O–H groups in total. The van der Waals surface area contributed by atoms with E-state index in [2.05, 4.69) is 4.98 Å². The van der Waals surface area contributed by atoms with Gasteiger partial charge in [-0.2, -0.15) is 0 Å². The van der Waals surface area contributed by atoms with Crippen molar-refractivity contribution in [3.05, 3.63) is 78.2 Å². The third-order valence-corrected chi connectivity index (χ3v) is 3.41. The topological polar surface area (TPSA) is 40.6 Å². The maximum atomic E-state index is 14.2. The summed E-state index contributed by atoms with van der Waals surface area (Å²) in [4.78, 5) is 4.04. The number of benzene rings is 2. The van der Waals surface area contributed by atoms with Crippen molar-refractivity contribution in [2.45, 2.75) is 13.0 Å². The highest BCUT2D eigenvalue weighted by molar-refractivity contribution is 5.37. The minimum Gasteiger partial charge on any atom is -0.490 e. The van der Waals surface area contributed by atoms with Crippen molar-refractivity contribution in [2.75, 3.05) is 6.61 Å². The summed E-state index contributed by atoms with van der Waals surface area (Å²) in [5.74, 6) is -1.94. The number of halogens is 3. The molecule has 0 aliphatic rings. The molecule has 7 heteroatoms. The van der Waals surface area contributed by atoms with E-state index in [1.54, 1.807) is 31.3 Å². The van der Waals surface area contributed by atoms with E-state index in [1.165, 1.54) is 12.1 Å². The van der Waals surface area contributed by atoms with Crippen LogP contribution in [0.15, 0.2) is 60.8 Å². The van der Waals surface area contributed by atoms with Gasteiger partial charge in [-0.1, -0.05) is 6.07 Å². The molecule has 0 bridgehead atoms. The third-order valence-electron chi connectivity index (χ3n) is 3.41. The van der Waals surface area contributed by atoms with Gasteiger partial charge in [0.1, 0.15) is 35.8 Å². The second kappa shape index (κ2) is 8.44. The van der Waals surface area contributed by atoms with Crippen molar-refractivity contribution in [1.82, 2.24) is 4.98 Å². The molecule has 0 amide bonds. The quantitative estimate of drug-likeness (QED) is 0.574. The lowest BCUT2D eigenvalue weighted by Gasteiger charge is -2.15. The number of pyridine rings is 1. The summed E-state index contributed by atoms with van der Waals surface area (Å²) in [5.41, 5.74) is 0. The molecule has 0 saturated heterocycles. The highest BCUT2D eigenvalue weighted by Crippen LogP contribution is 2.28. The Bertz CT molecular complexity index is 886. The smallest absolute Gasteiger partial charge is 0.213 e. The molecular weight excluding hydrogens is 359 g/mol. The van der Waals surface area contributed by atoms with E-state index in [1.807, 2.05) is 0 Å². The Labute approximate surface area is 154 Å². The highest BCUT2D eigenvalue weighted by atomic mass is 19.1. The Morgan fingerprint density at radius 2 is 1.70 bits per heavy atom. The number of hydrogen-bond donors (Lipinski definition) is 0. The van der Waals surface area contributed by atoms with Gasteiger partial charge in [-0.15, -0.1) is 0 Å². The van der Waals surface area contributed by atoms with E-state index < -0.39 is 17.5 Å². The van der Waals surface area contributed by atoms with Crippen LogP contribution in [0.25, 0.3) is 0 Å². The van der Waals surface area contributed by atoms with E-state index in [0.717, 1.165) is 18.2 Å². The van der Waals surface area contributed by atoms with Gasteiger partial charge in [-0.05, 0) is 25.1 Å². The zero-order valence-electron chi connectivity index (χ0n) is 14.4. The SMILES string of the molecule is CC(COc1ccc(Oc2cc(F)cc(F)c2)c(F)c1)Oc1ccccn1. The molecule has 3 rings (SSSR count). The molecule has 0 fully saturated rings.